The Hall–Kier alpha value is -0.683. The van der Waals surface area contributed by atoms with Gasteiger partial charge < -0.3 is 23.4 Å². The molecule has 1 saturated carbocycles. The summed E-state index contributed by atoms with van der Waals surface area (Å²) in [5.74, 6) is 1.75. The molecule has 3 atom stereocenters. The van der Waals surface area contributed by atoms with Gasteiger partial charge in [0, 0.05) is 32.1 Å². The lowest BCUT2D eigenvalue weighted by Gasteiger charge is -2.48. The highest BCUT2D eigenvalue weighted by molar-refractivity contribution is 14.1. The first-order chi connectivity index (χ1) is 18.1. The van der Waals surface area contributed by atoms with Crippen molar-refractivity contribution >= 4 is 36.7 Å². The average molecular weight is 663 g/mol. The van der Waals surface area contributed by atoms with Gasteiger partial charge in [0.2, 0.25) is 0 Å². The Kier molecular flexibility index (Phi) is 14.1. The normalized spacial score (nSPS) is 20.6. The standard InChI is InChI=1S/C30H51IO6Si/c1-9-13-14-15-22-18-25(35-20-33-7)28(26(19-22)36-21-34-8)27-23(16-17-24(32)29(27)31)30(5,6)37-38(10-2,11-3)12-4/h18-19,23,27,29H,9-17,20-21H2,1-8H3/t23-,27-,29?/m1/s1. The van der Waals surface area contributed by atoms with Gasteiger partial charge in [-0.25, -0.2) is 0 Å². The van der Waals surface area contributed by atoms with Crippen molar-refractivity contribution in [3.05, 3.63) is 23.3 Å². The van der Waals surface area contributed by atoms with E-state index in [2.05, 4.69) is 76.3 Å². The van der Waals surface area contributed by atoms with Crippen molar-refractivity contribution < 1.29 is 28.2 Å². The van der Waals surface area contributed by atoms with E-state index in [0.717, 1.165) is 66.4 Å². The van der Waals surface area contributed by atoms with Crippen LogP contribution in [0.15, 0.2) is 12.1 Å². The average Bonchev–Trinajstić information content (AvgIpc) is 2.91. The maximum absolute atomic E-state index is 13.2. The van der Waals surface area contributed by atoms with Crippen LogP contribution in [0.3, 0.4) is 0 Å². The number of hydrogen-bond donors (Lipinski definition) is 0. The number of hydrogen-bond acceptors (Lipinski definition) is 6. The number of methoxy groups -OCH3 is 2. The largest absolute Gasteiger partial charge is 0.467 e. The molecule has 0 radical (unpaired) electrons. The summed E-state index contributed by atoms with van der Waals surface area (Å²) in [6, 6.07) is 7.51. The van der Waals surface area contributed by atoms with Crippen molar-refractivity contribution in [3.63, 3.8) is 0 Å². The molecule has 1 aromatic rings. The number of rotatable bonds is 17. The third-order valence-corrected chi connectivity index (χ3v) is 14.6. The van der Waals surface area contributed by atoms with E-state index in [-0.39, 0.29) is 35.1 Å². The van der Waals surface area contributed by atoms with Crippen LogP contribution in [-0.4, -0.2) is 51.4 Å². The van der Waals surface area contributed by atoms with E-state index in [9.17, 15) is 4.79 Å². The summed E-state index contributed by atoms with van der Waals surface area (Å²) in [5.41, 5.74) is 1.69. The summed E-state index contributed by atoms with van der Waals surface area (Å²) in [7, 11) is 1.36. The number of benzene rings is 1. The van der Waals surface area contributed by atoms with Crippen LogP contribution < -0.4 is 9.47 Å². The molecule has 6 nitrogen and oxygen atoms in total. The number of carbonyl (C=O) groups excluding carboxylic acids is 1. The van der Waals surface area contributed by atoms with E-state index in [1.54, 1.807) is 14.2 Å². The number of halogens is 1. The van der Waals surface area contributed by atoms with Crippen molar-refractivity contribution in [2.75, 3.05) is 27.8 Å². The van der Waals surface area contributed by atoms with Crippen LogP contribution in [0.5, 0.6) is 11.5 Å². The molecule has 0 aliphatic heterocycles. The Morgan fingerprint density at radius 1 is 0.947 bits per heavy atom. The monoisotopic (exact) mass is 662 g/mol. The highest BCUT2D eigenvalue weighted by Crippen LogP contribution is 2.53. The van der Waals surface area contributed by atoms with Crippen molar-refractivity contribution in [3.8, 4) is 11.5 Å². The molecule has 0 amide bonds. The lowest BCUT2D eigenvalue weighted by atomic mass is 9.68. The fourth-order valence-electron chi connectivity index (χ4n) is 5.94. The van der Waals surface area contributed by atoms with Crippen LogP contribution in [0.1, 0.15) is 90.7 Å². The van der Waals surface area contributed by atoms with Gasteiger partial charge in [-0.2, -0.15) is 0 Å². The van der Waals surface area contributed by atoms with Crippen molar-refractivity contribution in [2.45, 2.75) is 114 Å². The summed E-state index contributed by atoms with van der Waals surface area (Å²) in [4.78, 5) is 13.2. The molecule has 1 fully saturated rings. The van der Waals surface area contributed by atoms with E-state index in [4.69, 9.17) is 23.4 Å². The molecule has 38 heavy (non-hydrogen) atoms. The van der Waals surface area contributed by atoms with Gasteiger partial charge in [0.25, 0.3) is 0 Å². The fraction of sp³-hybridized carbons (Fsp3) is 0.767. The summed E-state index contributed by atoms with van der Waals surface area (Å²) >= 11 is 2.35. The molecule has 1 aromatic carbocycles. The molecule has 1 unspecified atom stereocenters. The summed E-state index contributed by atoms with van der Waals surface area (Å²) in [6.45, 7) is 13.7. The second-order valence-corrected chi connectivity index (χ2v) is 17.1. The van der Waals surface area contributed by atoms with Crippen LogP contribution >= 0.6 is 22.6 Å². The minimum absolute atomic E-state index is 0.118. The van der Waals surface area contributed by atoms with E-state index in [1.807, 2.05) is 0 Å². The molecular formula is C30H51IO6Si. The first kappa shape index (κ1) is 33.5. The minimum Gasteiger partial charge on any atom is -0.467 e. The van der Waals surface area contributed by atoms with Gasteiger partial charge in [0.05, 0.1) is 9.53 Å². The van der Waals surface area contributed by atoms with E-state index in [1.165, 1.54) is 6.42 Å². The van der Waals surface area contributed by atoms with E-state index in [0.29, 0.717) is 6.42 Å². The molecule has 1 aliphatic rings. The Labute approximate surface area is 246 Å². The number of carbonyl (C=O) groups is 1. The summed E-state index contributed by atoms with van der Waals surface area (Å²) < 4.78 is 30.1. The number of alkyl halides is 1. The smallest absolute Gasteiger partial charge is 0.192 e. The van der Waals surface area contributed by atoms with Crippen LogP contribution in [0.4, 0.5) is 0 Å². The molecule has 0 aromatic heterocycles. The van der Waals surface area contributed by atoms with Gasteiger partial charge in [-0.1, -0.05) is 63.1 Å². The SMILES string of the molecule is CCCCCc1cc(OCOC)c([C@@H]2C(I)C(=O)CC[C@H]2C(C)(C)O[Si](CC)(CC)CC)c(OCOC)c1. The third-order valence-electron chi connectivity index (χ3n) is 8.29. The Morgan fingerprint density at radius 2 is 1.50 bits per heavy atom. The minimum atomic E-state index is -1.89. The molecule has 0 spiro atoms. The lowest BCUT2D eigenvalue weighted by molar-refractivity contribution is -0.122. The second kappa shape index (κ2) is 15.9. The zero-order chi connectivity index (χ0) is 28.3. The molecule has 1 aliphatic carbocycles. The molecule has 2 rings (SSSR count). The molecular weight excluding hydrogens is 611 g/mol. The molecule has 8 heteroatoms. The third kappa shape index (κ3) is 8.41. The Balaban J connectivity index is 2.69. The fourth-order valence-corrected chi connectivity index (χ4v) is 10.3. The van der Waals surface area contributed by atoms with Gasteiger partial charge in [-0.05, 0) is 74.9 Å². The number of ketones is 1. The zero-order valence-corrected chi connectivity index (χ0v) is 28.1. The highest BCUT2D eigenvalue weighted by atomic mass is 127. The summed E-state index contributed by atoms with van der Waals surface area (Å²) in [6.07, 6.45) is 5.72. The van der Waals surface area contributed by atoms with Crippen molar-refractivity contribution in [1.82, 2.24) is 0 Å². The summed E-state index contributed by atoms with van der Waals surface area (Å²) in [5, 5.41) is 0. The molecule has 218 valence electrons. The van der Waals surface area contributed by atoms with Crippen LogP contribution in [-0.2, 0) is 25.1 Å². The van der Waals surface area contributed by atoms with Gasteiger partial charge >= 0.3 is 0 Å². The van der Waals surface area contributed by atoms with Gasteiger partial charge in [0.1, 0.15) is 17.3 Å². The van der Waals surface area contributed by atoms with Gasteiger partial charge in [0.15, 0.2) is 21.9 Å². The second-order valence-electron chi connectivity index (χ2n) is 11.1. The number of unbranched alkanes of at least 4 members (excludes halogenated alkanes) is 2. The lowest BCUT2D eigenvalue weighted by Crippen LogP contribution is -2.52. The predicted molar refractivity (Wildman–Crippen MR) is 165 cm³/mol. The maximum Gasteiger partial charge on any atom is 0.192 e. The Morgan fingerprint density at radius 3 is 1.97 bits per heavy atom. The molecule has 0 N–H and O–H groups in total. The van der Waals surface area contributed by atoms with Crippen LogP contribution in [0.2, 0.25) is 18.1 Å². The first-order valence-electron chi connectivity index (χ1n) is 14.4. The maximum atomic E-state index is 13.2. The van der Waals surface area contributed by atoms with Crippen LogP contribution in [0.25, 0.3) is 0 Å². The van der Waals surface area contributed by atoms with Gasteiger partial charge in [-0.3, -0.25) is 4.79 Å². The number of aryl methyl sites for hydroxylation is 1. The molecule has 0 saturated heterocycles. The zero-order valence-electron chi connectivity index (χ0n) is 25.0. The Bertz CT molecular complexity index is 835. The van der Waals surface area contributed by atoms with E-state index >= 15 is 0 Å². The van der Waals surface area contributed by atoms with Gasteiger partial charge in [-0.15, -0.1) is 0 Å². The quantitative estimate of drug-likeness (QED) is 0.0553. The van der Waals surface area contributed by atoms with Crippen molar-refractivity contribution in [2.24, 2.45) is 5.92 Å². The number of ether oxygens (including phenoxy) is 4. The molecule has 0 bridgehead atoms. The highest BCUT2D eigenvalue weighted by Gasteiger charge is 2.50. The van der Waals surface area contributed by atoms with Crippen molar-refractivity contribution in [1.29, 1.82) is 0 Å². The topological polar surface area (TPSA) is 63.2 Å². The van der Waals surface area contributed by atoms with Crippen LogP contribution in [0, 0.1) is 5.92 Å². The molecule has 0 heterocycles. The first-order valence-corrected chi connectivity index (χ1v) is 18.2. The number of Topliss-reactive ketones (excluding diaryl/α,β-unsaturated/α-hetero) is 1. The van der Waals surface area contributed by atoms with E-state index < -0.39 is 13.9 Å². The predicted octanol–water partition coefficient (Wildman–Crippen LogP) is 8.05.